The lowest BCUT2D eigenvalue weighted by Crippen LogP contribution is -2.49. The predicted molar refractivity (Wildman–Crippen MR) is 130 cm³/mol. The third-order valence-corrected chi connectivity index (χ3v) is 6.56. The average Bonchev–Trinajstić information content (AvgIpc) is 3.57. The molecule has 30 heavy (non-hydrogen) atoms. The molecule has 0 radical (unpaired) electrons. The van der Waals surface area contributed by atoms with Crippen molar-refractivity contribution in [1.29, 1.82) is 0 Å². The van der Waals surface area contributed by atoms with Crippen LogP contribution in [-0.4, -0.2) is 39.3 Å². The van der Waals surface area contributed by atoms with Crippen LogP contribution in [0.1, 0.15) is 36.8 Å². The fourth-order valence-electron chi connectivity index (χ4n) is 4.37. The van der Waals surface area contributed by atoms with Crippen molar-refractivity contribution in [2.45, 2.75) is 36.5 Å². The molecule has 0 bridgehead atoms. The molecule has 0 atom stereocenters. The zero-order valence-corrected chi connectivity index (χ0v) is 19.8. The molecule has 0 unspecified atom stereocenters. The Morgan fingerprint density at radius 2 is 1.40 bits per heavy atom. The summed E-state index contributed by atoms with van der Waals surface area (Å²) in [5.74, 6) is 0.622. The van der Waals surface area contributed by atoms with E-state index in [1.807, 2.05) is 19.2 Å². The summed E-state index contributed by atoms with van der Waals surface area (Å²) in [6.07, 6.45) is 4.24. The molecule has 1 aliphatic carbocycles. The van der Waals surface area contributed by atoms with Gasteiger partial charge in [-0.2, -0.15) is 0 Å². The molecule has 1 saturated carbocycles. The molecule has 2 aliphatic rings. The van der Waals surface area contributed by atoms with Gasteiger partial charge in [0.1, 0.15) is 5.82 Å². The van der Waals surface area contributed by atoms with Crippen LogP contribution >= 0.6 is 24.0 Å². The van der Waals surface area contributed by atoms with Gasteiger partial charge in [-0.15, -0.1) is 24.0 Å². The highest BCUT2D eigenvalue weighted by Gasteiger charge is 2.44. The van der Waals surface area contributed by atoms with E-state index in [1.54, 1.807) is 12.1 Å². The molecule has 162 valence electrons. The molecule has 1 heterocycles. The molecule has 1 saturated heterocycles. The fourth-order valence-corrected chi connectivity index (χ4v) is 4.37. The number of halogens is 2. The Balaban J connectivity index is 0.00000256. The number of nitrogens with one attached hydrogen (secondary N) is 2. The zero-order valence-electron chi connectivity index (χ0n) is 17.5. The largest absolute Gasteiger partial charge is 0.381 e. The highest BCUT2D eigenvalue weighted by atomic mass is 127. The summed E-state index contributed by atoms with van der Waals surface area (Å²) in [7, 11) is 1.81. The Morgan fingerprint density at radius 3 is 1.93 bits per heavy atom. The number of aliphatic imine (C=N–C) groups is 1. The van der Waals surface area contributed by atoms with Crippen molar-refractivity contribution < 1.29 is 9.13 Å². The highest BCUT2D eigenvalue weighted by molar-refractivity contribution is 14.0. The SMILES string of the molecule is CN=C(NCC1(c2ccc(F)cc2)CCOCC1)NCC1(c2ccccc2)CC1.I. The summed E-state index contributed by atoms with van der Waals surface area (Å²) in [6, 6.07) is 17.6. The lowest BCUT2D eigenvalue weighted by Gasteiger charge is -2.38. The van der Waals surface area contributed by atoms with Crippen molar-refractivity contribution in [1.82, 2.24) is 10.6 Å². The minimum atomic E-state index is -0.197. The van der Waals surface area contributed by atoms with Crippen LogP contribution in [-0.2, 0) is 15.6 Å². The van der Waals surface area contributed by atoms with E-state index in [0.717, 1.165) is 50.7 Å². The molecule has 4 rings (SSSR count). The Labute approximate surface area is 195 Å². The van der Waals surface area contributed by atoms with Gasteiger partial charge in [0, 0.05) is 44.2 Å². The number of hydrogen-bond acceptors (Lipinski definition) is 2. The van der Waals surface area contributed by atoms with Crippen LogP contribution in [0, 0.1) is 5.82 Å². The van der Waals surface area contributed by atoms with E-state index in [2.05, 4.69) is 46.0 Å². The number of ether oxygens (including phenoxy) is 1. The molecule has 4 nitrogen and oxygen atoms in total. The number of rotatable bonds is 6. The second kappa shape index (κ2) is 10.1. The van der Waals surface area contributed by atoms with Crippen molar-refractivity contribution in [2.24, 2.45) is 4.99 Å². The molecule has 0 amide bonds. The van der Waals surface area contributed by atoms with Crippen LogP contribution in [0.3, 0.4) is 0 Å². The minimum Gasteiger partial charge on any atom is -0.381 e. The van der Waals surface area contributed by atoms with Crippen LogP contribution in [0.4, 0.5) is 4.39 Å². The van der Waals surface area contributed by atoms with Crippen molar-refractivity contribution >= 4 is 29.9 Å². The monoisotopic (exact) mass is 523 g/mol. The summed E-state index contributed by atoms with van der Waals surface area (Å²) in [5, 5.41) is 7.07. The van der Waals surface area contributed by atoms with Gasteiger partial charge in [-0.1, -0.05) is 42.5 Å². The van der Waals surface area contributed by atoms with Gasteiger partial charge in [0.15, 0.2) is 5.96 Å². The first kappa shape index (κ1) is 23.0. The lowest BCUT2D eigenvalue weighted by atomic mass is 9.74. The van der Waals surface area contributed by atoms with Crippen molar-refractivity contribution in [3.05, 3.63) is 71.5 Å². The van der Waals surface area contributed by atoms with Crippen LogP contribution in [0.2, 0.25) is 0 Å². The predicted octanol–water partition coefficient (Wildman–Crippen LogP) is 4.39. The van der Waals surface area contributed by atoms with Crippen LogP contribution in [0.5, 0.6) is 0 Å². The van der Waals surface area contributed by atoms with Gasteiger partial charge in [0.2, 0.25) is 0 Å². The Hall–Kier alpha value is -1.67. The maximum Gasteiger partial charge on any atom is 0.191 e. The van der Waals surface area contributed by atoms with Gasteiger partial charge in [0.05, 0.1) is 0 Å². The third kappa shape index (κ3) is 5.14. The summed E-state index contributed by atoms with van der Waals surface area (Å²) in [6.45, 7) is 3.08. The van der Waals surface area contributed by atoms with Crippen molar-refractivity contribution in [3.8, 4) is 0 Å². The molecule has 2 N–H and O–H groups in total. The molecule has 0 spiro atoms. The van der Waals surface area contributed by atoms with Crippen molar-refractivity contribution in [2.75, 3.05) is 33.4 Å². The Kier molecular flexibility index (Phi) is 7.74. The molecule has 2 aromatic carbocycles. The van der Waals surface area contributed by atoms with Gasteiger partial charge in [0.25, 0.3) is 0 Å². The molecule has 6 heteroatoms. The van der Waals surface area contributed by atoms with E-state index in [0.29, 0.717) is 0 Å². The average molecular weight is 523 g/mol. The second-order valence-electron chi connectivity index (χ2n) is 8.33. The van der Waals surface area contributed by atoms with Crippen LogP contribution < -0.4 is 10.6 Å². The minimum absolute atomic E-state index is 0. The van der Waals surface area contributed by atoms with Gasteiger partial charge in [-0.25, -0.2) is 4.39 Å². The topological polar surface area (TPSA) is 45.7 Å². The van der Waals surface area contributed by atoms with E-state index in [9.17, 15) is 4.39 Å². The van der Waals surface area contributed by atoms with Gasteiger partial charge in [-0.3, -0.25) is 4.99 Å². The molecular weight excluding hydrogens is 492 g/mol. The first-order valence-electron chi connectivity index (χ1n) is 10.5. The van der Waals surface area contributed by atoms with E-state index in [1.165, 1.54) is 18.4 Å². The Morgan fingerprint density at radius 1 is 0.867 bits per heavy atom. The molecule has 2 aromatic rings. The molecule has 0 aromatic heterocycles. The van der Waals surface area contributed by atoms with Crippen molar-refractivity contribution in [3.63, 3.8) is 0 Å². The fraction of sp³-hybridized carbons (Fsp3) is 0.458. The first-order chi connectivity index (χ1) is 14.2. The maximum atomic E-state index is 13.4. The normalized spacial score (nSPS) is 19.5. The smallest absolute Gasteiger partial charge is 0.191 e. The highest BCUT2D eigenvalue weighted by Crippen LogP contribution is 2.47. The Bertz CT molecular complexity index is 831. The number of guanidine groups is 1. The number of benzene rings is 2. The summed E-state index contributed by atoms with van der Waals surface area (Å²) < 4.78 is 19.0. The van der Waals surface area contributed by atoms with Gasteiger partial charge < -0.3 is 15.4 Å². The van der Waals surface area contributed by atoms with Gasteiger partial charge >= 0.3 is 0 Å². The molecule has 2 fully saturated rings. The molecular formula is C24H31FIN3O. The first-order valence-corrected chi connectivity index (χ1v) is 10.5. The number of hydrogen-bond donors (Lipinski definition) is 2. The van der Waals surface area contributed by atoms with Crippen LogP contribution in [0.25, 0.3) is 0 Å². The van der Waals surface area contributed by atoms with E-state index in [4.69, 9.17) is 4.74 Å². The summed E-state index contributed by atoms with van der Waals surface area (Å²) in [4.78, 5) is 4.44. The van der Waals surface area contributed by atoms with E-state index >= 15 is 0 Å². The van der Waals surface area contributed by atoms with Crippen LogP contribution in [0.15, 0.2) is 59.6 Å². The third-order valence-electron chi connectivity index (χ3n) is 6.56. The maximum absolute atomic E-state index is 13.4. The van der Waals surface area contributed by atoms with Gasteiger partial charge in [-0.05, 0) is 48.9 Å². The summed E-state index contributed by atoms with van der Waals surface area (Å²) in [5.41, 5.74) is 2.72. The van der Waals surface area contributed by atoms with E-state index < -0.39 is 0 Å². The second-order valence-corrected chi connectivity index (χ2v) is 8.33. The molecule has 1 aliphatic heterocycles. The van der Waals surface area contributed by atoms with E-state index in [-0.39, 0.29) is 40.6 Å². The standard InChI is InChI=1S/C24H30FN3O.HI/c1-26-22(27-17-23(11-12-23)19-5-3-2-4-6-19)28-18-24(13-15-29-16-14-24)20-7-9-21(25)10-8-20;/h2-10H,11-18H2,1H3,(H2,26,27,28);1H. The number of nitrogens with zero attached hydrogens (tertiary/aromatic N) is 1. The zero-order chi connectivity index (χ0) is 20.2. The quantitative estimate of drug-likeness (QED) is 0.336. The lowest BCUT2D eigenvalue weighted by molar-refractivity contribution is 0.0513. The summed E-state index contributed by atoms with van der Waals surface area (Å²) >= 11 is 0.